The van der Waals surface area contributed by atoms with Crippen molar-refractivity contribution < 1.29 is 18.8 Å². The van der Waals surface area contributed by atoms with Crippen molar-refractivity contribution in [2.45, 2.75) is 19.0 Å². The minimum absolute atomic E-state index is 0.0130. The van der Waals surface area contributed by atoms with E-state index in [4.69, 9.17) is 17.3 Å². The van der Waals surface area contributed by atoms with E-state index in [0.717, 1.165) is 6.42 Å². The van der Waals surface area contributed by atoms with Gasteiger partial charge in [-0.2, -0.15) is 0 Å². The molecule has 0 bridgehead atoms. The number of urea groups is 1. The molecule has 3 aromatic rings. The van der Waals surface area contributed by atoms with Gasteiger partial charge in [-0.3, -0.25) is 9.36 Å². The van der Waals surface area contributed by atoms with Gasteiger partial charge in [-0.05, 0) is 30.4 Å². The molecule has 0 spiro atoms. The van der Waals surface area contributed by atoms with Gasteiger partial charge in [0.2, 0.25) is 5.91 Å². The zero-order valence-electron chi connectivity index (χ0n) is 17.4. The number of nitrogens with zero attached hydrogens (tertiary/aromatic N) is 2. The van der Waals surface area contributed by atoms with Gasteiger partial charge in [0.15, 0.2) is 0 Å². The van der Waals surface area contributed by atoms with Crippen LogP contribution in [0.5, 0.6) is 0 Å². The second-order valence-electron chi connectivity index (χ2n) is 8.39. The van der Waals surface area contributed by atoms with Crippen molar-refractivity contribution in [2.75, 3.05) is 11.9 Å². The number of carbonyl (C=O) groups excluding carboxylic acids is 3. The second-order valence-corrected chi connectivity index (χ2v) is 8.79. The summed E-state index contributed by atoms with van der Waals surface area (Å²) in [5.74, 6) is -0.571. The molecule has 1 saturated carbocycles. The third-order valence-corrected chi connectivity index (χ3v) is 6.65. The molecule has 33 heavy (non-hydrogen) atoms. The van der Waals surface area contributed by atoms with Crippen molar-refractivity contribution in [1.82, 2.24) is 14.8 Å². The highest BCUT2D eigenvalue weighted by molar-refractivity contribution is 6.30. The summed E-state index contributed by atoms with van der Waals surface area (Å²) in [5.41, 5.74) is 6.72. The van der Waals surface area contributed by atoms with Crippen LogP contribution in [0.25, 0.3) is 10.9 Å². The van der Waals surface area contributed by atoms with E-state index in [1.165, 1.54) is 21.7 Å². The number of benzene rings is 2. The van der Waals surface area contributed by atoms with Gasteiger partial charge in [0.25, 0.3) is 0 Å². The predicted molar refractivity (Wildman–Crippen MR) is 121 cm³/mol. The molecule has 2 fully saturated rings. The number of likely N-dealkylation sites (tertiary alicyclic amines) is 1. The number of fused-ring (bicyclic) bond motifs is 2. The largest absolute Gasteiger partial charge is 0.351 e. The predicted octanol–water partition coefficient (Wildman–Crippen LogP) is 3.53. The first-order valence-electron chi connectivity index (χ1n) is 10.5. The second kappa shape index (κ2) is 8.08. The maximum Gasteiger partial charge on any atom is 0.323 e. The number of nitrogens with two attached hydrogens (primary N) is 1. The van der Waals surface area contributed by atoms with Crippen molar-refractivity contribution in [3.63, 3.8) is 0 Å². The molecule has 4 N–H and O–H groups in total. The van der Waals surface area contributed by atoms with E-state index in [1.54, 1.807) is 36.4 Å². The van der Waals surface area contributed by atoms with Crippen molar-refractivity contribution in [3.05, 3.63) is 65.1 Å². The standard InChI is InChI=1S/C23H21ClFN5O3/c24-16-6-3-4-12(19(16)25)9-27-21(31)20-15-8-13(15)10-30(20)23(33)28-17-11-29(22(26)32)18-7-2-1-5-14(17)18/h1-7,11,13,15,20H,8-10H2,(H2,26,32)(H,27,31)(H,28,33)/t13-,15-,20-/m0/s1. The van der Waals surface area contributed by atoms with E-state index in [-0.39, 0.29) is 34.9 Å². The normalized spacial score (nSPS) is 21.0. The summed E-state index contributed by atoms with van der Waals surface area (Å²) in [6.45, 7) is 0.426. The Morgan fingerprint density at radius 1 is 1.15 bits per heavy atom. The minimum atomic E-state index is -0.667. The Kier molecular flexibility index (Phi) is 5.20. The number of hydrogen-bond donors (Lipinski definition) is 3. The van der Waals surface area contributed by atoms with Gasteiger partial charge in [0.1, 0.15) is 11.9 Å². The Morgan fingerprint density at radius 2 is 1.94 bits per heavy atom. The van der Waals surface area contributed by atoms with Crippen LogP contribution in [-0.4, -0.2) is 40.0 Å². The number of primary amides is 1. The van der Waals surface area contributed by atoms with Crippen LogP contribution >= 0.6 is 11.6 Å². The fraction of sp³-hybridized carbons (Fsp3) is 0.261. The molecule has 8 nitrogen and oxygen atoms in total. The molecule has 4 amide bonds. The van der Waals surface area contributed by atoms with Gasteiger partial charge >= 0.3 is 12.1 Å². The number of para-hydroxylation sites is 1. The molecular weight excluding hydrogens is 449 g/mol. The number of anilines is 1. The van der Waals surface area contributed by atoms with E-state index in [1.807, 2.05) is 0 Å². The summed E-state index contributed by atoms with van der Waals surface area (Å²) in [6, 6.07) is 9.91. The van der Waals surface area contributed by atoms with Crippen LogP contribution in [-0.2, 0) is 11.3 Å². The van der Waals surface area contributed by atoms with Crippen molar-refractivity contribution in [2.24, 2.45) is 17.6 Å². The molecule has 170 valence electrons. The highest BCUT2D eigenvalue weighted by Crippen LogP contribution is 2.49. The Bertz CT molecular complexity index is 1290. The van der Waals surface area contributed by atoms with E-state index in [0.29, 0.717) is 23.1 Å². The van der Waals surface area contributed by atoms with Crippen LogP contribution in [0.4, 0.5) is 19.7 Å². The molecule has 1 aromatic heterocycles. The SMILES string of the molecule is NC(=O)n1cc(NC(=O)N2C[C@@H]3C[C@@H]3[C@H]2C(=O)NCc2cccc(Cl)c2F)c2ccccc21. The van der Waals surface area contributed by atoms with Gasteiger partial charge in [-0.25, -0.2) is 14.0 Å². The number of hydrogen-bond acceptors (Lipinski definition) is 3. The smallest absolute Gasteiger partial charge is 0.323 e. The fourth-order valence-electron chi connectivity index (χ4n) is 4.63. The van der Waals surface area contributed by atoms with Crippen LogP contribution in [0, 0.1) is 17.7 Å². The third-order valence-electron chi connectivity index (χ3n) is 6.35. The van der Waals surface area contributed by atoms with Crippen molar-refractivity contribution in [1.29, 1.82) is 0 Å². The van der Waals surface area contributed by atoms with Gasteiger partial charge in [-0.15, -0.1) is 0 Å². The Balaban J connectivity index is 1.32. The van der Waals surface area contributed by atoms with Crippen molar-refractivity contribution >= 4 is 46.2 Å². The maximum absolute atomic E-state index is 14.2. The average molecular weight is 470 g/mol. The van der Waals surface area contributed by atoms with Gasteiger partial charge in [0.05, 0.1) is 16.2 Å². The molecule has 1 aliphatic carbocycles. The lowest BCUT2D eigenvalue weighted by molar-refractivity contribution is -0.125. The molecule has 5 rings (SSSR count). The molecule has 0 unspecified atom stereocenters. The molecule has 2 heterocycles. The molecule has 2 aliphatic rings. The highest BCUT2D eigenvalue weighted by atomic mass is 35.5. The number of carbonyl (C=O) groups is 3. The number of amides is 4. The molecule has 2 aromatic carbocycles. The first kappa shape index (κ1) is 21.3. The Hall–Kier alpha value is -3.59. The fourth-order valence-corrected chi connectivity index (χ4v) is 4.82. The molecule has 1 aliphatic heterocycles. The Labute approximate surface area is 193 Å². The third kappa shape index (κ3) is 3.78. The lowest BCUT2D eigenvalue weighted by Gasteiger charge is -2.27. The quantitative estimate of drug-likeness (QED) is 0.543. The highest BCUT2D eigenvalue weighted by Gasteiger charge is 2.56. The molecule has 1 saturated heterocycles. The van der Waals surface area contributed by atoms with E-state index in [2.05, 4.69) is 10.6 Å². The summed E-state index contributed by atoms with van der Waals surface area (Å²) in [4.78, 5) is 39.4. The van der Waals surface area contributed by atoms with Crippen LogP contribution in [0.3, 0.4) is 0 Å². The van der Waals surface area contributed by atoms with Gasteiger partial charge < -0.3 is 21.3 Å². The lowest BCUT2D eigenvalue weighted by Crippen LogP contribution is -2.49. The first-order chi connectivity index (χ1) is 15.8. The van der Waals surface area contributed by atoms with Crippen LogP contribution in [0.2, 0.25) is 5.02 Å². The number of rotatable bonds is 4. The Morgan fingerprint density at radius 3 is 2.73 bits per heavy atom. The molecule has 0 radical (unpaired) electrons. The van der Waals surface area contributed by atoms with E-state index in [9.17, 15) is 18.8 Å². The summed E-state index contributed by atoms with van der Waals surface area (Å²) < 4.78 is 15.4. The van der Waals surface area contributed by atoms with Gasteiger partial charge in [-0.1, -0.05) is 41.9 Å². The summed E-state index contributed by atoms with van der Waals surface area (Å²) in [5, 5.41) is 6.20. The van der Waals surface area contributed by atoms with Crippen LogP contribution in [0.1, 0.15) is 12.0 Å². The minimum Gasteiger partial charge on any atom is -0.351 e. The number of halogens is 2. The number of aromatic nitrogens is 1. The molecule has 3 atom stereocenters. The number of nitrogens with one attached hydrogen (secondary N) is 2. The molecular formula is C23H21ClFN5O3. The van der Waals surface area contributed by atoms with Crippen LogP contribution in [0.15, 0.2) is 48.7 Å². The zero-order valence-corrected chi connectivity index (χ0v) is 18.2. The number of piperidine rings is 1. The summed E-state index contributed by atoms with van der Waals surface area (Å²) >= 11 is 5.81. The molecule has 10 heteroatoms. The maximum atomic E-state index is 14.2. The van der Waals surface area contributed by atoms with Crippen molar-refractivity contribution in [3.8, 4) is 0 Å². The summed E-state index contributed by atoms with van der Waals surface area (Å²) in [7, 11) is 0. The van der Waals surface area contributed by atoms with Gasteiger partial charge in [0, 0.05) is 30.2 Å². The summed E-state index contributed by atoms with van der Waals surface area (Å²) in [6.07, 6.45) is 2.34. The zero-order chi connectivity index (χ0) is 23.3. The monoisotopic (exact) mass is 469 g/mol. The lowest BCUT2D eigenvalue weighted by atomic mass is 10.1. The average Bonchev–Trinajstić information content (AvgIpc) is 3.30. The first-order valence-corrected chi connectivity index (χ1v) is 10.9. The van der Waals surface area contributed by atoms with E-state index < -0.39 is 23.9 Å². The topological polar surface area (TPSA) is 109 Å². The van der Waals surface area contributed by atoms with E-state index >= 15 is 0 Å². The van der Waals surface area contributed by atoms with Crippen LogP contribution < -0.4 is 16.4 Å².